The lowest BCUT2D eigenvalue weighted by Gasteiger charge is -2.20. The van der Waals surface area contributed by atoms with Gasteiger partial charge in [0, 0.05) is 44.5 Å². The summed E-state index contributed by atoms with van der Waals surface area (Å²) < 4.78 is 38.6. The summed E-state index contributed by atoms with van der Waals surface area (Å²) in [7, 11) is 3.28. The number of hydrogen-bond donors (Lipinski definition) is 10. The van der Waals surface area contributed by atoms with Crippen LogP contribution in [-0.2, 0) is 0 Å². The molecule has 0 amide bonds. The van der Waals surface area contributed by atoms with Gasteiger partial charge >= 0.3 is 0 Å². The molecule has 0 aromatic heterocycles. The van der Waals surface area contributed by atoms with E-state index < -0.39 is 0 Å². The molecule has 15 rings (SSSR count). The molecule has 0 bridgehead atoms. The number of methoxy groups -OCH3 is 2. The summed E-state index contributed by atoms with van der Waals surface area (Å²) in [5.74, 6) is 5.13. The molecule has 10 aromatic carbocycles. The minimum atomic E-state index is -0.237. The standard InChI is InChI=1S/C17H16O3.C16H14O4.2C16H14O3.C15H12O4/c1-11-16(18)8-5-13-9-14(10-20-17(11)13)12-3-6-15(19-2)7-4-12;1-19-13-5-2-10(3-6-13)12-8-11-4-7-14(17)15(18)16(11)20-9-12;1-10-15(18)7-4-12-8-13(9-19-16(10)12)11-2-5-14(17)6-3-11;1-10-15(18)6-5-12-7-13(9-19-16(10)12)11-3-2-4-14(17)8-11;16-12-4-1-9(2-5-12)11-7-10-3-6-13(17)14(18)15(10)19-8-11/h3-9,18H,10H2,1-2H3;2-8,17-18H,9H2,1H3;2*2-8,17-18H,9H2,1H3;1-7,16-18H,8H2. The summed E-state index contributed by atoms with van der Waals surface area (Å²) in [5, 5.41) is 95.4. The van der Waals surface area contributed by atoms with Crippen molar-refractivity contribution in [1.29, 1.82) is 0 Å². The average molecular weight is 1300 g/mol. The normalized spacial score (nSPS) is 13.3. The first-order valence-corrected chi connectivity index (χ1v) is 30.7. The number of phenols is 10. The second-order valence-corrected chi connectivity index (χ2v) is 23.0. The van der Waals surface area contributed by atoms with Crippen molar-refractivity contribution in [2.75, 3.05) is 47.3 Å². The number of benzene rings is 10. The SMILES string of the molecule is COc1ccc(C2=Cc3ccc(O)c(C)c3OC2)cc1.COc1ccc(C2=Cc3ccc(O)c(O)c3OC2)cc1.Cc1c(O)ccc2c1OCC(c1ccc(O)cc1)=C2.Cc1c(O)ccc2c1OCC(c1cccc(O)c1)=C2.Oc1ccc(C2=Cc3ccc(O)c(O)c3OC2)cc1. The Morgan fingerprint density at radius 1 is 0.268 bits per heavy atom. The zero-order valence-corrected chi connectivity index (χ0v) is 53.6. The van der Waals surface area contributed by atoms with Crippen LogP contribution in [0.5, 0.6) is 97.7 Å². The molecular weight excluding hydrogens is 1230 g/mol. The van der Waals surface area contributed by atoms with Gasteiger partial charge in [-0.05, 0) is 228 Å². The molecule has 17 nitrogen and oxygen atoms in total. The Kier molecular flexibility index (Phi) is 19.9. The minimum Gasteiger partial charge on any atom is -0.508 e. The van der Waals surface area contributed by atoms with E-state index in [0.29, 0.717) is 50.1 Å². The zero-order valence-electron chi connectivity index (χ0n) is 53.6. The molecule has 10 N–H and O–H groups in total. The Morgan fingerprint density at radius 3 is 0.835 bits per heavy atom. The van der Waals surface area contributed by atoms with E-state index in [-0.39, 0.29) is 57.5 Å². The first-order chi connectivity index (χ1) is 46.8. The van der Waals surface area contributed by atoms with Crippen LogP contribution in [0.2, 0.25) is 0 Å². The largest absolute Gasteiger partial charge is 0.508 e. The van der Waals surface area contributed by atoms with Gasteiger partial charge in [-0.1, -0.05) is 60.7 Å². The topological polar surface area (TPSA) is 267 Å². The average Bonchev–Trinajstić information content (AvgIpc) is 0.841. The number of fused-ring (bicyclic) bond motifs is 5. The van der Waals surface area contributed by atoms with Gasteiger partial charge in [-0.15, -0.1) is 0 Å². The molecule has 17 heteroatoms. The third-order valence-corrected chi connectivity index (χ3v) is 16.6. The van der Waals surface area contributed by atoms with Gasteiger partial charge in [0.15, 0.2) is 23.0 Å². The van der Waals surface area contributed by atoms with Crippen molar-refractivity contribution in [3.8, 4) is 97.7 Å². The first kappa shape index (κ1) is 66.0. The maximum absolute atomic E-state index is 9.75. The number of rotatable bonds is 7. The molecule has 5 aliphatic rings. The summed E-state index contributed by atoms with van der Waals surface area (Å²) in [4.78, 5) is 0. The lowest BCUT2D eigenvalue weighted by molar-refractivity contribution is 0.325. The van der Waals surface area contributed by atoms with Crippen molar-refractivity contribution < 1.29 is 84.2 Å². The van der Waals surface area contributed by atoms with Crippen molar-refractivity contribution in [3.63, 3.8) is 0 Å². The maximum atomic E-state index is 9.75. The van der Waals surface area contributed by atoms with Crippen LogP contribution < -0.4 is 33.2 Å². The predicted octanol–water partition coefficient (Wildman–Crippen LogP) is 16.1. The van der Waals surface area contributed by atoms with Gasteiger partial charge in [-0.2, -0.15) is 0 Å². The molecule has 0 saturated heterocycles. The van der Waals surface area contributed by atoms with E-state index in [1.807, 2.05) is 130 Å². The fraction of sp³-hybridized carbons (Fsp3) is 0.125. The Balaban J connectivity index is 0.000000123. The van der Waals surface area contributed by atoms with Gasteiger partial charge in [-0.3, -0.25) is 0 Å². The van der Waals surface area contributed by atoms with Gasteiger partial charge in [0.2, 0.25) is 11.5 Å². The fourth-order valence-corrected chi connectivity index (χ4v) is 11.1. The highest BCUT2D eigenvalue weighted by Gasteiger charge is 2.23. The van der Waals surface area contributed by atoms with Crippen LogP contribution in [0.15, 0.2) is 182 Å². The molecule has 5 aliphatic heterocycles. The monoisotopic (exact) mass is 1300 g/mol. The van der Waals surface area contributed by atoms with Gasteiger partial charge in [0.05, 0.1) is 14.2 Å². The second-order valence-electron chi connectivity index (χ2n) is 23.0. The summed E-state index contributed by atoms with van der Waals surface area (Å²) in [5.41, 5.74) is 16.8. The minimum absolute atomic E-state index is 0.176. The highest BCUT2D eigenvalue weighted by Crippen LogP contribution is 2.45. The highest BCUT2D eigenvalue weighted by atomic mass is 16.5. The first-order valence-electron chi connectivity index (χ1n) is 30.7. The Hall–Kier alpha value is -12.5. The molecule has 0 aliphatic carbocycles. The van der Waals surface area contributed by atoms with Gasteiger partial charge < -0.3 is 84.2 Å². The molecule has 492 valence electrons. The van der Waals surface area contributed by atoms with Crippen LogP contribution in [0.25, 0.3) is 58.2 Å². The summed E-state index contributed by atoms with van der Waals surface area (Å²) in [6.07, 6.45) is 10.0. The third kappa shape index (κ3) is 15.1. The van der Waals surface area contributed by atoms with E-state index in [1.165, 1.54) is 12.1 Å². The van der Waals surface area contributed by atoms with E-state index in [2.05, 4.69) is 12.2 Å². The second kappa shape index (κ2) is 29.2. The van der Waals surface area contributed by atoms with E-state index in [4.69, 9.17) is 33.2 Å². The highest BCUT2D eigenvalue weighted by molar-refractivity contribution is 5.91. The zero-order chi connectivity index (χ0) is 68.4. The lowest BCUT2D eigenvalue weighted by Crippen LogP contribution is -2.07. The Bertz CT molecular complexity index is 4470. The summed E-state index contributed by atoms with van der Waals surface area (Å²) in [6, 6.07) is 53.5. The number of hydrogen-bond acceptors (Lipinski definition) is 17. The van der Waals surface area contributed by atoms with Crippen LogP contribution in [0.1, 0.15) is 72.3 Å². The van der Waals surface area contributed by atoms with Gasteiger partial charge in [0.1, 0.15) is 96.3 Å². The molecule has 0 unspecified atom stereocenters. The van der Waals surface area contributed by atoms with E-state index in [1.54, 1.807) is 93.1 Å². The van der Waals surface area contributed by atoms with Crippen LogP contribution in [-0.4, -0.2) is 98.3 Å². The van der Waals surface area contributed by atoms with E-state index >= 15 is 0 Å². The van der Waals surface area contributed by atoms with Gasteiger partial charge in [-0.25, -0.2) is 0 Å². The predicted molar refractivity (Wildman–Crippen MR) is 375 cm³/mol. The van der Waals surface area contributed by atoms with Crippen LogP contribution in [0.4, 0.5) is 0 Å². The lowest BCUT2D eigenvalue weighted by atomic mass is 9.99. The van der Waals surface area contributed by atoms with E-state index in [9.17, 15) is 51.1 Å². The summed E-state index contributed by atoms with van der Waals surface area (Å²) in [6.45, 7) is 7.58. The quantitative estimate of drug-likeness (QED) is 0.0665. The molecule has 97 heavy (non-hydrogen) atoms. The molecule has 0 saturated carbocycles. The van der Waals surface area contributed by atoms with Crippen LogP contribution in [0, 0.1) is 20.8 Å². The Labute approximate surface area is 560 Å². The van der Waals surface area contributed by atoms with E-state index in [0.717, 1.165) is 123 Å². The summed E-state index contributed by atoms with van der Waals surface area (Å²) >= 11 is 0. The third-order valence-electron chi connectivity index (χ3n) is 16.6. The van der Waals surface area contributed by atoms with Crippen LogP contribution >= 0.6 is 0 Å². The number of ether oxygens (including phenoxy) is 7. The van der Waals surface area contributed by atoms with Crippen molar-refractivity contribution >= 4 is 58.2 Å². The smallest absolute Gasteiger partial charge is 0.201 e. The van der Waals surface area contributed by atoms with Crippen LogP contribution in [0.3, 0.4) is 0 Å². The maximum Gasteiger partial charge on any atom is 0.201 e. The van der Waals surface area contributed by atoms with Gasteiger partial charge in [0.25, 0.3) is 0 Å². The van der Waals surface area contributed by atoms with Crippen molar-refractivity contribution in [2.24, 2.45) is 0 Å². The molecule has 0 spiro atoms. The Morgan fingerprint density at radius 2 is 0.536 bits per heavy atom. The number of aromatic hydroxyl groups is 10. The number of phenolic OH excluding ortho intramolecular Hbond substituents is 10. The van der Waals surface area contributed by atoms with Crippen molar-refractivity contribution in [3.05, 3.63) is 254 Å². The molecule has 0 fully saturated rings. The molecule has 5 heterocycles. The molecule has 10 aromatic rings. The fourth-order valence-electron chi connectivity index (χ4n) is 11.1. The van der Waals surface area contributed by atoms with Crippen molar-refractivity contribution in [2.45, 2.75) is 20.8 Å². The molecular formula is C80H70O17. The molecule has 0 atom stereocenters. The molecule has 0 radical (unpaired) electrons. The van der Waals surface area contributed by atoms with Crippen molar-refractivity contribution in [1.82, 2.24) is 0 Å².